The van der Waals surface area contributed by atoms with E-state index < -0.39 is 6.09 Å². The molecule has 4 amide bonds. The highest BCUT2D eigenvalue weighted by Crippen LogP contribution is 2.35. The third kappa shape index (κ3) is 3.30. The van der Waals surface area contributed by atoms with Gasteiger partial charge in [0.25, 0.3) is 5.91 Å². The Morgan fingerprint density at radius 2 is 2.04 bits per heavy atom. The van der Waals surface area contributed by atoms with Gasteiger partial charge in [0.05, 0.1) is 19.9 Å². The van der Waals surface area contributed by atoms with E-state index in [1.54, 1.807) is 23.1 Å². The number of nitrogens with one attached hydrogen (secondary N) is 1. The summed E-state index contributed by atoms with van der Waals surface area (Å²) in [5.74, 6) is 0.676. The highest BCUT2D eigenvalue weighted by molar-refractivity contribution is 5.98. The van der Waals surface area contributed by atoms with Crippen molar-refractivity contribution in [3.8, 4) is 11.5 Å². The van der Waals surface area contributed by atoms with Crippen LogP contribution in [-0.4, -0.2) is 68.3 Å². The SMILES string of the molecule is COc1cccc(NC(=O)N2CC(CN3C(=O)COC3=O)C2)c1OC. The van der Waals surface area contributed by atoms with Crippen molar-refractivity contribution < 1.29 is 28.6 Å². The lowest BCUT2D eigenvalue weighted by molar-refractivity contribution is -0.126. The molecule has 0 unspecified atom stereocenters. The Labute approximate surface area is 144 Å². The zero-order chi connectivity index (χ0) is 18.0. The van der Waals surface area contributed by atoms with E-state index in [2.05, 4.69) is 10.1 Å². The van der Waals surface area contributed by atoms with Crippen molar-refractivity contribution in [3.63, 3.8) is 0 Å². The van der Waals surface area contributed by atoms with E-state index >= 15 is 0 Å². The molecule has 0 radical (unpaired) electrons. The number of methoxy groups -OCH3 is 2. The smallest absolute Gasteiger partial charge is 0.417 e. The largest absolute Gasteiger partial charge is 0.493 e. The van der Waals surface area contributed by atoms with Gasteiger partial charge in [0.1, 0.15) is 0 Å². The summed E-state index contributed by atoms with van der Waals surface area (Å²) in [7, 11) is 3.02. The summed E-state index contributed by atoms with van der Waals surface area (Å²) in [6.45, 7) is 0.972. The van der Waals surface area contributed by atoms with Crippen LogP contribution in [0.15, 0.2) is 18.2 Å². The van der Waals surface area contributed by atoms with Gasteiger partial charge in [0.2, 0.25) is 0 Å². The first-order chi connectivity index (χ1) is 12.0. The summed E-state index contributed by atoms with van der Waals surface area (Å²) >= 11 is 0. The van der Waals surface area contributed by atoms with E-state index in [1.165, 1.54) is 14.2 Å². The number of anilines is 1. The number of carbonyl (C=O) groups is 3. The molecule has 25 heavy (non-hydrogen) atoms. The van der Waals surface area contributed by atoms with Gasteiger partial charge in [-0.05, 0) is 12.1 Å². The number of benzene rings is 1. The number of likely N-dealkylation sites (tertiary alicyclic amines) is 1. The zero-order valence-corrected chi connectivity index (χ0v) is 14.0. The molecule has 1 aromatic rings. The quantitative estimate of drug-likeness (QED) is 0.856. The fourth-order valence-corrected chi connectivity index (χ4v) is 2.85. The van der Waals surface area contributed by atoms with E-state index in [9.17, 15) is 14.4 Å². The molecule has 0 aliphatic carbocycles. The molecular weight excluding hydrogens is 330 g/mol. The van der Waals surface area contributed by atoms with Crippen molar-refractivity contribution in [2.45, 2.75) is 0 Å². The van der Waals surface area contributed by atoms with Crippen molar-refractivity contribution in [2.24, 2.45) is 5.92 Å². The minimum absolute atomic E-state index is 0.0487. The van der Waals surface area contributed by atoms with Gasteiger partial charge in [-0.1, -0.05) is 6.07 Å². The van der Waals surface area contributed by atoms with E-state index in [4.69, 9.17) is 9.47 Å². The molecule has 2 aliphatic heterocycles. The normalized spacial score (nSPS) is 17.2. The van der Waals surface area contributed by atoms with Gasteiger partial charge in [-0.15, -0.1) is 0 Å². The van der Waals surface area contributed by atoms with Gasteiger partial charge < -0.3 is 24.4 Å². The van der Waals surface area contributed by atoms with Crippen molar-refractivity contribution in [2.75, 3.05) is 45.8 Å². The predicted molar refractivity (Wildman–Crippen MR) is 86.7 cm³/mol. The molecule has 3 rings (SSSR count). The second-order valence-electron chi connectivity index (χ2n) is 5.80. The Balaban J connectivity index is 1.54. The maximum Gasteiger partial charge on any atom is 0.417 e. The van der Waals surface area contributed by atoms with Crippen LogP contribution in [0.5, 0.6) is 11.5 Å². The fourth-order valence-electron chi connectivity index (χ4n) is 2.85. The Bertz CT molecular complexity index is 685. The molecular formula is C16H19N3O6. The van der Waals surface area contributed by atoms with Gasteiger partial charge in [0, 0.05) is 25.6 Å². The number of ether oxygens (including phenoxy) is 3. The van der Waals surface area contributed by atoms with E-state index in [1.807, 2.05) is 0 Å². The van der Waals surface area contributed by atoms with Gasteiger partial charge in [-0.25, -0.2) is 14.5 Å². The van der Waals surface area contributed by atoms with E-state index in [0.29, 0.717) is 30.3 Å². The van der Waals surface area contributed by atoms with Crippen LogP contribution in [0, 0.1) is 5.92 Å². The van der Waals surface area contributed by atoms with Crippen LogP contribution in [0.25, 0.3) is 0 Å². The molecule has 0 aromatic heterocycles. The van der Waals surface area contributed by atoms with Crippen molar-refractivity contribution >= 4 is 23.7 Å². The van der Waals surface area contributed by atoms with Crippen LogP contribution in [0.2, 0.25) is 0 Å². The van der Waals surface area contributed by atoms with Crippen molar-refractivity contribution in [1.29, 1.82) is 0 Å². The average molecular weight is 349 g/mol. The van der Waals surface area contributed by atoms with Crippen LogP contribution >= 0.6 is 0 Å². The molecule has 134 valence electrons. The number of hydrogen-bond acceptors (Lipinski definition) is 6. The molecule has 0 atom stereocenters. The van der Waals surface area contributed by atoms with Crippen LogP contribution < -0.4 is 14.8 Å². The lowest BCUT2D eigenvalue weighted by Gasteiger charge is -2.40. The molecule has 2 saturated heterocycles. The first-order valence-electron chi connectivity index (χ1n) is 7.77. The van der Waals surface area contributed by atoms with E-state index in [0.717, 1.165) is 4.90 Å². The fraction of sp³-hybridized carbons (Fsp3) is 0.438. The maximum absolute atomic E-state index is 12.3. The number of nitrogens with zero attached hydrogens (tertiary/aromatic N) is 2. The third-order valence-electron chi connectivity index (χ3n) is 4.17. The van der Waals surface area contributed by atoms with Gasteiger partial charge >= 0.3 is 12.1 Å². The minimum Gasteiger partial charge on any atom is -0.493 e. The number of para-hydroxylation sites is 1. The molecule has 2 heterocycles. The molecule has 2 aliphatic rings. The number of hydrogen-bond donors (Lipinski definition) is 1. The molecule has 9 heteroatoms. The molecule has 0 bridgehead atoms. The summed E-state index contributed by atoms with van der Waals surface area (Å²) in [4.78, 5) is 37.9. The van der Waals surface area contributed by atoms with Crippen LogP contribution in [0.3, 0.4) is 0 Å². The summed E-state index contributed by atoms with van der Waals surface area (Å²) in [6, 6.07) is 4.93. The minimum atomic E-state index is -0.617. The predicted octanol–water partition coefficient (Wildman–Crippen LogP) is 1.15. The number of cyclic esters (lactones) is 1. The lowest BCUT2D eigenvalue weighted by atomic mass is 10.0. The molecule has 2 fully saturated rings. The zero-order valence-electron chi connectivity index (χ0n) is 14.0. The first kappa shape index (κ1) is 16.9. The number of urea groups is 1. The highest BCUT2D eigenvalue weighted by Gasteiger charge is 2.38. The van der Waals surface area contributed by atoms with Gasteiger partial charge in [0.15, 0.2) is 18.1 Å². The van der Waals surface area contributed by atoms with Crippen LogP contribution in [-0.2, 0) is 9.53 Å². The van der Waals surface area contributed by atoms with Crippen molar-refractivity contribution in [3.05, 3.63) is 18.2 Å². The molecule has 0 spiro atoms. The Morgan fingerprint density at radius 1 is 1.28 bits per heavy atom. The summed E-state index contributed by atoms with van der Waals surface area (Å²) < 4.78 is 15.1. The number of amides is 4. The Hall–Kier alpha value is -2.97. The third-order valence-corrected chi connectivity index (χ3v) is 4.17. The second-order valence-corrected chi connectivity index (χ2v) is 5.80. The van der Waals surface area contributed by atoms with Crippen molar-refractivity contribution in [1.82, 2.24) is 9.80 Å². The molecule has 0 saturated carbocycles. The van der Waals surface area contributed by atoms with Gasteiger partial charge in [-0.2, -0.15) is 0 Å². The standard InChI is InChI=1S/C16H19N3O6/c1-23-12-5-3-4-11(14(12)24-2)17-15(21)18-6-10(7-18)8-19-13(20)9-25-16(19)22/h3-5,10H,6-9H2,1-2H3,(H,17,21). The van der Waals surface area contributed by atoms with Crippen LogP contribution in [0.4, 0.5) is 15.3 Å². The Kier molecular flexibility index (Phi) is 4.64. The lowest BCUT2D eigenvalue weighted by Crippen LogP contribution is -2.55. The average Bonchev–Trinajstić information content (AvgIpc) is 2.88. The molecule has 1 N–H and O–H groups in total. The van der Waals surface area contributed by atoms with E-state index in [-0.39, 0.29) is 31.0 Å². The summed E-state index contributed by atoms with van der Waals surface area (Å²) in [5, 5.41) is 2.78. The number of carbonyl (C=O) groups excluding carboxylic acids is 3. The summed E-state index contributed by atoms with van der Waals surface area (Å²) in [6.07, 6.45) is -0.617. The number of imide groups is 1. The second kappa shape index (κ2) is 6.88. The monoisotopic (exact) mass is 349 g/mol. The number of rotatable bonds is 5. The maximum atomic E-state index is 12.3. The molecule has 1 aromatic carbocycles. The Morgan fingerprint density at radius 3 is 2.64 bits per heavy atom. The highest BCUT2D eigenvalue weighted by atomic mass is 16.6. The first-order valence-corrected chi connectivity index (χ1v) is 7.77. The van der Waals surface area contributed by atoms with Gasteiger partial charge in [-0.3, -0.25) is 4.79 Å². The topological polar surface area (TPSA) is 97.4 Å². The molecule has 9 nitrogen and oxygen atoms in total. The summed E-state index contributed by atoms with van der Waals surface area (Å²) in [5.41, 5.74) is 0.508. The van der Waals surface area contributed by atoms with Crippen LogP contribution in [0.1, 0.15) is 0 Å².